The van der Waals surface area contributed by atoms with E-state index in [-0.39, 0.29) is 6.03 Å². The Morgan fingerprint density at radius 2 is 2.10 bits per heavy atom. The average Bonchev–Trinajstić information content (AvgIpc) is 2.81. The molecule has 108 valence electrons. The molecule has 1 aromatic carbocycles. The van der Waals surface area contributed by atoms with Gasteiger partial charge in [0.15, 0.2) is 0 Å². The normalized spacial score (nSPS) is 22.8. The molecule has 1 atom stereocenters. The third kappa shape index (κ3) is 2.66. The van der Waals surface area contributed by atoms with Gasteiger partial charge in [-0.3, -0.25) is 4.90 Å². The molecule has 0 aliphatic carbocycles. The Balaban J connectivity index is 1.54. The molecule has 1 aromatic rings. The lowest BCUT2D eigenvalue weighted by Gasteiger charge is -2.36. The molecule has 0 radical (unpaired) electrons. The molecule has 2 aliphatic heterocycles. The average molecular weight is 273 g/mol. The summed E-state index contributed by atoms with van der Waals surface area (Å²) < 4.78 is 0. The SMILES string of the molecule is Cc1ccc(CCN2CCN3C(=O)NCC3C2)cc1C. The van der Waals surface area contributed by atoms with Gasteiger partial charge in [0.1, 0.15) is 0 Å². The summed E-state index contributed by atoms with van der Waals surface area (Å²) in [6, 6.07) is 7.23. The summed E-state index contributed by atoms with van der Waals surface area (Å²) >= 11 is 0. The highest BCUT2D eigenvalue weighted by Crippen LogP contribution is 2.15. The first-order valence-corrected chi connectivity index (χ1v) is 7.46. The number of rotatable bonds is 3. The first-order chi connectivity index (χ1) is 9.63. The van der Waals surface area contributed by atoms with Gasteiger partial charge in [-0.15, -0.1) is 0 Å². The van der Waals surface area contributed by atoms with Gasteiger partial charge in [0.05, 0.1) is 6.04 Å². The molecule has 2 amide bonds. The Bertz CT molecular complexity index is 514. The molecule has 4 heteroatoms. The van der Waals surface area contributed by atoms with Crippen LogP contribution >= 0.6 is 0 Å². The number of nitrogens with zero attached hydrogens (tertiary/aromatic N) is 2. The standard InChI is InChI=1S/C16H23N3O/c1-12-3-4-14(9-13(12)2)5-6-18-7-8-19-15(11-18)10-17-16(19)20/h3-4,9,15H,5-8,10-11H2,1-2H3,(H,17,20). The largest absolute Gasteiger partial charge is 0.336 e. The lowest BCUT2D eigenvalue weighted by molar-refractivity contribution is 0.122. The van der Waals surface area contributed by atoms with Crippen LogP contribution < -0.4 is 5.32 Å². The predicted octanol–water partition coefficient (Wildman–Crippen LogP) is 1.56. The second kappa shape index (κ2) is 5.44. The second-order valence-electron chi connectivity index (χ2n) is 6.00. The first kappa shape index (κ1) is 13.4. The predicted molar refractivity (Wildman–Crippen MR) is 80.0 cm³/mol. The van der Waals surface area contributed by atoms with Gasteiger partial charge >= 0.3 is 6.03 Å². The number of amides is 2. The summed E-state index contributed by atoms with van der Waals surface area (Å²) in [7, 11) is 0. The number of nitrogens with one attached hydrogen (secondary N) is 1. The monoisotopic (exact) mass is 273 g/mol. The van der Waals surface area contributed by atoms with E-state index in [1.54, 1.807) is 0 Å². The summed E-state index contributed by atoms with van der Waals surface area (Å²) in [5.41, 5.74) is 4.15. The van der Waals surface area contributed by atoms with E-state index in [0.29, 0.717) is 6.04 Å². The zero-order valence-corrected chi connectivity index (χ0v) is 12.4. The van der Waals surface area contributed by atoms with Gasteiger partial charge in [-0.05, 0) is 37.0 Å². The number of benzene rings is 1. The highest BCUT2D eigenvalue weighted by atomic mass is 16.2. The van der Waals surface area contributed by atoms with Crippen LogP contribution in [0.1, 0.15) is 16.7 Å². The maximum Gasteiger partial charge on any atom is 0.317 e. The zero-order valence-electron chi connectivity index (χ0n) is 12.4. The number of hydrogen-bond donors (Lipinski definition) is 1. The highest BCUT2D eigenvalue weighted by molar-refractivity contribution is 5.77. The van der Waals surface area contributed by atoms with Crippen molar-refractivity contribution in [3.05, 3.63) is 34.9 Å². The van der Waals surface area contributed by atoms with Crippen LogP contribution in [0.4, 0.5) is 4.79 Å². The van der Waals surface area contributed by atoms with Crippen molar-refractivity contribution in [3.63, 3.8) is 0 Å². The van der Waals surface area contributed by atoms with E-state index in [1.807, 2.05) is 4.90 Å². The topological polar surface area (TPSA) is 35.6 Å². The van der Waals surface area contributed by atoms with Gasteiger partial charge in [0, 0.05) is 32.7 Å². The molecule has 0 spiro atoms. The molecule has 1 N–H and O–H groups in total. The minimum Gasteiger partial charge on any atom is -0.336 e. The van der Waals surface area contributed by atoms with Crippen molar-refractivity contribution in [2.24, 2.45) is 0 Å². The van der Waals surface area contributed by atoms with Crippen LogP contribution in [0.2, 0.25) is 0 Å². The summed E-state index contributed by atoms with van der Waals surface area (Å²) in [5, 5.41) is 2.93. The smallest absolute Gasteiger partial charge is 0.317 e. The van der Waals surface area contributed by atoms with Gasteiger partial charge in [-0.1, -0.05) is 18.2 Å². The molecule has 1 unspecified atom stereocenters. The van der Waals surface area contributed by atoms with Crippen molar-refractivity contribution in [1.82, 2.24) is 15.1 Å². The Morgan fingerprint density at radius 1 is 1.25 bits per heavy atom. The van der Waals surface area contributed by atoms with E-state index in [1.165, 1.54) is 16.7 Å². The third-order valence-corrected chi connectivity index (χ3v) is 4.60. The lowest BCUT2D eigenvalue weighted by atomic mass is 10.0. The van der Waals surface area contributed by atoms with E-state index in [0.717, 1.165) is 39.1 Å². The van der Waals surface area contributed by atoms with Crippen molar-refractivity contribution in [3.8, 4) is 0 Å². The van der Waals surface area contributed by atoms with Crippen LogP contribution in [0, 0.1) is 13.8 Å². The van der Waals surface area contributed by atoms with Crippen LogP contribution in [0.25, 0.3) is 0 Å². The molecule has 2 heterocycles. The van der Waals surface area contributed by atoms with Crippen molar-refractivity contribution < 1.29 is 4.79 Å². The number of carbonyl (C=O) groups is 1. The van der Waals surface area contributed by atoms with E-state index in [4.69, 9.17) is 0 Å². The minimum atomic E-state index is 0.115. The molecule has 20 heavy (non-hydrogen) atoms. The van der Waals surface area contributed by atoms with Gasteiger partial charge in [-0.2, -0.15) is 0 Å². The van der Waals surface area contributed by atoms with E-state index in [9.17, 15) is 4.79 Å². The molecule has 3 rings (SSSR count). The molecule has 2 fully saturated rings. The maximum absolute atomic E-state index is 11.6. The first-order valence-electron chi connectivity index (χ1n) is 7.46. The Labute approximate surface area is 120 Å². The van der Waals surface area contributed by atoms with Crippen LogP contribution in [0.5, 0.6) is 0 Å². The molecule has 0 bridgehead atoms. The van der Waals surface area contributed by atoms with Crippen molar-refractivity contribution in [2.75, 3.05) is 32.7 Å². The molecule has 4 nitrogen and oxygen atoms in total. The summed E-state index contributed by atoms with van der Waals surface area (Å²) in [4.78, 5) is 16.0. The van der Waals surface area contributed by atoms with Crippen LogP contribution in [-0.4, -0.2) is 54.6 Å². The number of aryl methyl sites for hydroxylation is 2. The number of piperazine rings is 1. The quantitative estimate of drug-likeness (QED) is 0.907. The third-order valence-electron chi connectivity index (χ3n) is 4.60. The summed E-state index contributed by atoms with van der Waals surface area (Å²) in [6.07, 6.45) is 1.09. The van der Waals surface area contributed by atoms with Gasteiger partial charge in [0.25, 0.3) is 0 Å². The van der Waals surface area contributed by atoms with E-state index in [2.05, 4.69) is 42.3 Å². The van der Waals surface area contributed by atoms with Crippen LogP contribution in [0.3, 0.4) is 0 Å². The van der Waals surface area contributed by atoms with Crippen LogP contribution in [-0.2, 0) is 6.42 Å². The Kier molecular flexibility index (Phi) is 3.66. The Hall–Kier alpha value is -1.55. The molecule has 0 saturated carbocycles. The van der Waals surface area contributed by atoms with E-state index < -0.39 is 0 Å². The summed E-state index contributed by atoms with van der Waals surface area (Å²) in [6.45, 7) is 9.08. The van der Waals surface area contributed by atoms with Gasteiger partial charge < -0.3 is 10.2 Å². The zero-order chi connectivity index (χ0) is 14.1. The highest BCUT2D eigenvalue weighted by Gasteiger charge is 2.34. The number of fused-ring (bicyclic) bond motifs is 1. The number of urea groups is 1. The fraction of sp³-hybridized carbons (Fsp3) is 0.562. The molecular formula is C16H23N3O. The van der Waals surface area contributed by atoms with Crippen LogP contribution in [0.15, 0.2) is 18.2 Å². The fourth-order valence-electron chi connectivity index (χ4n) is 3.12. The van der Waals surface area contributed by atoms with Gasteiger partial charge in [0.2, 0.25) is 0 Å². The minimum absolute atomic E-state index is 0.115. The number of hydrogen-bond acceptors (Lipinski definition) is 2. The number of carbonyl (C=O) groups excluding carboxylic acids is 1. The maximum atomic E-state index is 11.6. The van der Waals surface area contributed by atoms with Gasteiger partial charge in [-0.25, -0.2) is 4.79 Å². The molecule has 2 saturated heterocycles. The Morgan fingerprint density at radius 3 is 2.90 bits per heavy atom. The molecule has 0 aromatic heterocycles. The summed E-state index contributed by atoms with van der Waals surface area (Å²) in [5.74, 6) is 0. The molecular weight excluding hydrogens is 250 g/mol. The van der Waals surface area contributed by atoms with E-state index >= 15 is 0 Å². The van der Waals surface area contributed by atoms with Crippen molar-refractivity contribution in [1.29, 1.82) is 0 Å². The lowest BCUT2D eigenvalue weighted by Crippen LogP contribution is -2.52. The molecule has 2 aliphatic rings. The van der Waals surface area contributed by atoms with Crippen molar-refractivity contribution >= 4 is 6.03 Å². The second-order valence-corrected chi connectivity index (χ2v) is 6.00. The fourth-order valence-corrected chi connectivity index (χ4v) is 3.12. The van der Waals surface area contributed by atoms with Crippen molar-refractivity contribution in [2.45, 2.75) is 26.3 Å².